The monoisotopic (exact) mass is 382 g/mol. The van der Waals surface area contributed by atoms with Crippen molar-refractivity contribution >= 4 is 17.4 Å². The molecule has 0 bridgehead atoms. The molecule has 1 atom stereocenters. The van der Waals surface area contributed by atoms with Crippen molar-refractivity contribution in [3.63, 3.8) is 0 Å². The fourth-order valence-corrected chi connectivity index (χ4v) is 3.08. The molecular formula is C20H16F2N4O2. The molecule has 0 aliphatic carbocycles. The first-order valence-corrected chi connectivity index (χ1v) is 8.66. The minimum absolute atomic E-state index is 0.0883. The first-order chi connectivity index (χ1) is 13.6. The van der Waals surface area contributed by atoms with Gasteiger partial charge in [-0.25, -0.2) is 18.7 Å². The molecule has 1 amide bonds. The van der Waals surface area contributed by atoms with Gasteiger partial charge in [0.1, 0.15) is 17.9 Å². The number of fused-ring (bicyclic) bond motifs is 1. The lowest BCUT2D eigenvalue weighted by Gasteiger charge is -2.28. The molecule has 8 heteroatoms. The molecule has 0 fully saturated rings. The number of nitrogens with zero attached hydrogens (tertiary/aromatic N) is 2. The second-order valence-electron chi connectivity index (χ2n) is 6.24. The highest BCUT2D eigenvalue weighted by Gasteiger charge is 2.26. The van der Waals surface area contributed by atoms with Gasteiger partial charge in [0.15, 0.2) is 11.6 Å². The Labute approximate surface area is 159 Å². The van der Waals surface area contributed by atoms with Crippen LogP contribution in [0.1, 0.15) is 28.4 Å². The number of carbonyl (C=O) groups is 1. The number of carbonyl (C=O) groups excluding carboxylic acids is 1. The van der Waals surface area contributed by atoms with Crippen LogP contribution in [-0.4, -0.2) is 22.5 Å². The van der Waals surface area contributed by atoms with Crippen molar-refractivity contribution < 1.29 is 18.3 Å². The zero-order valence-corrected chi connectivity index (χ0v) is 14.7. The molecule has 1 aliphatic heterocycles. The van der Waals surface area contributed by atoms with Crippen LogP contribution in [0.25, 0.3) is 0 Å². The molecule has 2 N–H and O–H groups in total. The number of amides is 1. The van der Waals surface area contributed by atoms with E-state index in [4.69, 9.17) is 4.74 Å². The molecule has 142 valence electrons. The average Bonchev–Trinajstić information content (AvgIpc) is 2.71. The first-order valence-electron chi connectivity index (χ1n) is 8.66. The zero-order chi connectivity index (χ0) is 19.5. The van der Waals surface area contributed by atoms with Gasteiger partial charge in [-0.15, -0.1) is 0 Å². The fourth-order valence-electron chi connectivity index (χ4n) is 3.08. The molecule has 0 spiro atoms. The third-order valence-electron chi connectivity index (χ3n) is 4.40. The third-order valence-corrected chi connectivity index (χ3v) is 4.40. The van der Waals surface area contributed by atoms with Crippen LogP contribution in [0.3, 0.4) is 0 Å². The molecular weight excluding hydrogens is 366 g/mol. The minimum atomic E-state index is -1.03. The number of halogens is 2. The van der Waals surface area contributed by atoms with Gasteiger partial charge in [0.2, 0.25) is 0 Å². The number of benzene rings is 2. The first kappa shape index (κ1) is 17.8. The molecule has 2 heterocycles. The van der Waals surface area contributed by atoms with Crippen molar-refractivity contribution in [3.8, 4) is 5.75 Å². The van der Waals surface area contributed by atoms with E-state index < -0.39 is 17.5 Å². The average molecular weight is 382 g/mol. The minimum Gasteiger partial charge on any atom is -0.492 e. The standard InChI is InChI=1S/C20H16F2N4O2/c21-15-5-4-12(10-16(15)22)25-20(27)14-3-1-2-13-17(7-9-28-19(13)14)26-18-6-8-23-11-24-18/h1-6,8,10-11,17H,7,9H2,(H,25,27)(H,23,24,26)/t17-/m0/s1. The van der Waals surface area contributed by atoms with E-state index in [2.05, 4.69) is 20.6 Å². The summed E-state index contributed by atoms with van der Waals surface area (Å²) < 4.78 is 32.2. The Kier molecular flexibility index (Phi) is 4.84. The number of para-hydroxylation sites is 1. The Hall–Kier alpha value is -3.55. The maximum absolute atomic E-state index is 13.4. The summed E-state index contributed by atoms with van der Waals surface area (Å²) in [6.45, 7) is 0.422. The quantitative estimate of drug-likeness (QED) is 0.715. The number of ether oxygens (including phenoxy) is 1. The zero-order valence-electron chi connectivity index (χ0n) is 14.7. The predicted octanol–water partition coefficient (Wildman–Crippen LogP) is 3.94. The Morgan fingerprint density at radius 3 is 2.82 bits per heavy atom. The van der Waals surface area contributed by atoms with Crippen LogP contribution in [0, 0.1) is 11.6 Å². The molecule has 28 heavy (non-hydrogen) atoms. The van der Waals surface area contributed by atoms with Crippen molar-refractivity contribution in [1.29, 1.82) is 0 Å². The molecule has 0 radical (unpaired) electrons. The van der Waals surface area contributed by atoms with Crippen LogP contribution >= 0.6 is 0 Å². The van der Waals surface area contributed by atoms with Crippen LogP contribution in [-0.2, 0) is 0 Å². The summed E-state index contributed by atoms with van der Waals surface area (Å²) >= 11 is 0. The van der Waals surface area contributed by atoms with Gasteiger partial charge < -0.3 is 15.4 Å². The van der Waals surface area contributed by atoms with Crippen LogP contribution in [0.2, 0.25) is 0 Å². The van der Waals surface area contributed by atoms with Crippen molar-refractivity contribution in [1.82, 2.24) is 9.97 Å². The third kappa shape index (κ3) is 3.62. The molecule has 0 saturated carbocycles. The number of nitrogens with one attached hydrogen (secondary N) is 2. The summed E-state index contributed by atoms with van der Waals surface area (Å²) in [5.41, 5.74) is 1.30. The molecule has 2 aromatic carbocycles. The second-order valence-corrected chi connectivity index (χ2v) is 6.24. The van der Waals surface area contributed by atoms with E-state index in [9.17, 15) is 13.6 Å². The fraction of sp³-hybridized carbons (Fsp3) is 0.150. The molecule has 0 saturated heterocycles. The Morgan fingerprint density at radius 1 is 1.14 bits per heavy atom. The highest BCUT2D eigenvalue weighted by molar-refractivity contribution is 6.06. The van der Waals surface area contributed by atoms with Gasteiger partial charge in [-0.2, -0.15) is 0 Å². The number of hydrogen-bond acceptors (Lipinski definition) is 5. The number of hydrogen-bond donors (Lipinski definition) is 2. The Morgan fingerprint density at radius 2 is 2.04 bits per heavy atom. The van der Waals surface area contributed by atoms with E-state index in [1.54, 1.807) is 24.4 Å². The van der Waals surface area contributed by atoms with Gasteiger partial charge in [0.05, 0.1) is 18.2 Å². The van der Waals surface area contributed by atoms with Crippen molar-refractivity contribution in [2.45, 2.75) is 12.5 Å². The lowest BCUT2D eigenvalue weighted by Crippen LogP contribution is -2.23. The number of anilines is 2. The number of aromatic nitrogens is 2. The topological polar surface area (TPSA) is 76.1 Å². The van der Waals surface area contributed by atoms with Gasteiger partial charge in [0.25, 0.3) is 5.91 Å². The van der Waals surface area contributed by atoms with Gasteiger partial charge in [-0.3, -0.25) is 4.79 Å². The summed E-state index contributed by atoms with van der Waals surface area (Å²) in [5, 5.41) is 5.89. The highest BCUT2D eigenvalue weighted by Crippen LogP contribution is 2.37. The lowest BCUT2D eigenvalue weighted by molar-refractivity contribution is 0.102. The molecule has 1 aliphatic rings. The van der Waals surface area contributed by atoms with E-state index in [-0.39, 0.29) is 11.7 Å². The number of rotatable bonds is 4. The lowest BCUT2D eigenvalue weighted by atomic mass is 9.97. The summed E-state index contributed by atoms with van der Waals surface area (Å²) in [6, 6.07) is 10.1. The second kappa shape index (κ2) is 7.59. The summed E-state index contributed by atoms with van der Waals surface area (Å²) in [6.07, 6.45) is 3.79. The maximum atomic E-state index is 13.4. The van der Waals surface area contributed by atoms with E-state index in [0.29, 0.717) is 30.2 Å². The largest absolute Gasteiger partial charge is 0.492 e. The van der Waals surface area contributed by atoms with Crippen LogP contribution in [0.15, 0.2) is 55.0 Å². The molecule has 3 aromatic rings. The van der Waals surface area contributed by atoms with Crippen molar-refractivity contribution in [2.75, 3.05) is 17.2 Å². The van der Waals surface area contributed by atoms with Gasteiger partial charge in [-0.05, 0) is 24.3 Å². The van der Waals surface area contributed by atoms with E-state index in [0.717, 1.165) is 17.7 Å². The molecule has 0 unspecified atom stereocenters. The molecule has 6 nitrogen and oxygen atoms in total. The van der Waals surface area contributed by atoms with E-state index in [1.165, 1.54) is 12.4 Å². The summed E-state index contributed by atoms with van der Waals surface area (Å²) in [5.74, 6) is -1.34. The van der Waals surface area contributed by atoms with Crippen molar-refractivity contribution in [3.05, 3.63) is 77.8 Å². The smallest absolute Gasteiger partial charge is 0.259 e. The Balaban J connectivity index is 1.60. The van der Waals surface area contributed by atoms with Crippen molar-refractivity contribution in [2.24, 2.45) is 0 Å². The van der Waals surface area contributed by atoms with Gasteiger partial charge in [-0.1, -0.05) is 12.1 Å². The SMILES string of the molecule is O=C(Nc1ccc(F)c(F)c1)c1cccc2c1OCC[C@@H]2Nc1ccncn1. The van der Waals surface area contributed by atoms with Gasteiger partial charge in [0, 0.05) is 29.9 Å². The molecule has 4 rings (SSSR count). The summed E-state index contributed by atoms with van der Waals surface area (Å²) in [4.78, 5) is 20.8. The van der Waals surface area contributed by atoms with E-state index >= 15 is 0 Å². The predicted molar refractivity (Wildman–Crippen MR) is 99.3 cm³/mol. The highest BCUT2D eigenvalue weighted by atomic mass is 19.2. The van der Waals surface area contributed by atoms with Crippen LogP contribution in [0.4, 0.5) is 20.3 Å². The van der Waals surface area contributed by atoms with Gasteiger partial charge >= 0.3 is 0 Å². The molecule has 1 aromatic heterocycles. The van der Waals surface area contributed by atoms with E-state index in [1.807, 2.05) is 6.07 Å². The normalized spacial score (nSPS) is 15.3. The Bertz CT molecular complexity index is 1010. The summed E-state index contributed by atoms with van der Waals surface area (Å²) in [7, 11) is 0. The van der Waals surface area contributed by atoms with Crippen LogP contribution in [0.5, 0.6) is 5.75 Å². The van der Waals surface area contributed by atoms with Crippen LogP contribution < -0.4 is 15.4 Å². The maximum Gasteiger partial charge on any atom is 0.259 e.